The third kappa shape index (κ3) is 5.55. The first-order valence-corrected chi connectivity index (χ1v) is 8.50. The monoisotopic (exact) mass is 327 g/mol. The minimum atomic E-state index is -3.11. The second-order valence-corrected chi connectivity index (χ2v) is 7.22. The van der Waals surface area contributed by atoms with Gasteiger partial charge in [0.25, 0.3) is 0 Å². The quantitative estimate of drug-likeness (QED) is 0.735. The predicted octanol–water partition coefficient (Wildman–Crippen LogP) is 0.323. The van der Waals surface area contributed by atoms with Crippen molar-refractivity contribution in [3.05, 3.63) is 0 Å². The third-order valence-corrected chi connectivity index (χ3v) is 5.53. The second kappa shape index (κ2) is 8.81. The van der Waals surface area contributed by atoms with E-state index in [4.69, 9.17) is 5.73 Å². The minimum Gasteiger partial charge on any atom is -0.353 e. The molecule has 0 aromatic heterocycles. The molecule has 1 saturated heterocycles. The summed E-state index contributed by atoms with van der Waals surface area (Å²) >= 11 is 0. The number of nitrogens with one attached hydrogen (secondary N) is 1. The van der Waals surface area contributed by atoms with Crippen molar-refractivity contribution >= 4 is 28.3 Å². The van der Waals surface area contributed by atoms with Crippen LogP contribution in [-0.2, 0) is 14.8 Å². The molecule has 1 unspecified atom stereocenters. The van der Waals surface area contributed by atoms with Crippen LogP contribution in [0, 0.1) is 5.92 Å². The Bertz CT molecular complexity index is 395. The summed E-state index contributed by atoms with van der Waals surface area (Å²) in [6.45, 7) is 4.96. The summed E-state index contributed by atoms with van der Waals surface area (Å²) in [5.41, 5.74) is 5.44. The summed E-state index contributed by atoms with van der Waals surface area (Å²) in [6, 6.07) is 0.0644. The third-order valence-electron chi connectivity index (χ3n) is 3.46. The van der Waals surface area contributed by atoms with Gasteiger partial charge < -0.3 is 11.1 Å². The lowest BCUT2D eigenvalue weighted by atomic mass is 10.1. The van der Waals surface area contributed by atoms with Gasteiger partial charge in [0, 0.05) is 31.6 Å². The highest BCUT2D eigenvalue weighted by molar-refractivity contribution is 7.89. The molecule has 0 aromatic rings. The number of carbonyl (C=O) groups is 1. The van der Waals surface area contributed by atoms with Gasteiger partial charge in [-0.3, -0.25) is 4.79 Å². The van der Waals surface area contributed by atoms with Gasteiger partial charge in [0.05, 0.1) is 5.75 Å². The van der Waals surface area contributed by atoms with E-state index in [9.17, 15) is 13.2 Å². The van der Waals surface area contributed by atoms with Crippen molar-refractivity contribution in [3.63, 3.8) is 0 Å². The van der Waals surface area contributed by atoms with Crippen LogP contribution >= 0.6 is 12.4 Å². The number of hydrogen-bond acceptors (Lipinski definition) is 4. The molecule has 3 N–H and O–H groups in total. The Hall–Kier alpha value is -0.370. The number of piperidine rings is 1. The largest absolute Gasteiger partial charge is 0.353 e. The number of amides is 1. The van der Waals surface area contributed by atoms with Gasteiger partial charge in [-0.2, -0.15) is 0 Å². The van der Waals surface area contributed by atoms with E-state index in [-0.39, 0.29) is 36.0 Å². The van der Waals surface area contributed by atoms with E-state index in [1.54, 1.807) is 6.92 Å². The van der Waals surface area contributed by atoms with E-state index in [0.29, 0.717) is 38.9 Å². The van der Waals surface area contributed by atoms with Crippen LogP contribution in [0.2, 0.25) is 0 Å². The topological polar surface area (TPSA) is 92.5 Å². The Morgan fingerprint density at radius 2 is 1.95 bits per heavy atom. The fourth-order valence-electron chi connectivity index (χ4n) is 2.12. The lowest BCUT2D eigenvalue weighted by molar-refractivity contribution is -0.125. The molecule has 120 valence electrons. The van der Waals surface area contributed by atoms with Crippen LogP contribution in [0.1, 0.15) is 33.1 Å². The van der Waals surface area contributed by atoms with Crippen LogP contribution in [0.3, 0.4) is 0 Å². The van der Waals surface area contributed by atoms with Crippen molar-refractivity contribution in [2.45, 2.75) is 39.2 Å². The zero-order chi connectivity index (χ0) is 14.5. The van der Waals surface area contributed by atoms with Crippen LogP contribution in [0.25, 0.3) is 0 Å². The molecule has 20 heavy (non-hydrogen) atoms. The summed E-state index contributed by atoms with van der Waals surface area (Å²) in [7, 11) is -3.11. The number of nitrogens with two attached hydrogens (primary N) is 1. The smallest absolute Gasteiger partial charge is 0.224 e. The molecule has 6 nitrogen and oxygen atoms in total. The van der Waals surface area contributed by atoms with E-state index < -0.39 is 10.0 Å². The fraction of sp³-hybridized carbons (Fsp3) is 0.917. The first-order valence-electron chi connectivity index (χ1n) is 6.89. The molecule has 8 heteroatoms. The van der Waals surface area contributed by atoms with Crippen LogP contribution in [-0.4, -0.2) is 50.1 Å². The molecule has 1 rings (SSSR count). The number of nitrogens with zero attached hydrogens (tertiary/aromatic N) is 1. The number of halogens is 1. The van der Waals surface area contributed by atoms with Crippen molar-refractivity contribution in [1.29, 1.82) is 0 Å². The van der Waals surface area contributed by atoms with E-state index in [2.05, 4.69) is 5.32 Å². The lowest BCUT2D eigenvalue weighted by Gasteiger charge is -2.32. The zero-order valence-corrected chi connectivity index (χ0v) is 13.8. The van der Waals surface area contributed by atoms with E-state index in [1.165, 1.54) is 4.31 Å². The van der Waals surface area contributed by atoms with Gasteiger partial charge in [-0.05, 0) is 19.3 Å². The number of hydrogen-bond donors (Lipinski definition) is 2. The Kier molecular flexibility index (Phi) is 8.65. The Balaban J connectivity index is 0.00000361. The van der Waals surface area contributed by atoms with Crippen molar-refractivity contribution in [3.8, 4) is 0 Å². The summed E-state index contributed by atoms with van der Waals surface area (Å²) in [5.74, 6) is -0.0342. The number of rotatable bonds is 6. The number of sulfonamides is 1. The van der Waals surface area contributed by atoms with Crippen molar-refractivity contribution < 1.29 is 13.2 Å². The van der Waals surface area contributed by atoms with Gasteiger partial charge in [0.15, 0.2) is 0 Å². The standard InChI is InChI=1S/C12H25N3O3S.ClH/c1-3-8-19(17,18)15-6-4-11(5-7-15)14-12(16)10(2)9-13;/h10-11H,3-9,13H2,1-2H3,(H,14,16);1H. The predicted molar refractivity (Wildman–Crippen MR) is 82.3 cm³/mol. The molecule has 1 heterocycles. The molecule has 0 spiro atoms. The molecular weight excluding hydrogens is 302 g/mol. The molecule has 0 aromatic carbocycles. The van der Waals surface area contributed by atoms with Gasteiger partial charge in [0.1, 0.15) is 0 Å². The van der Waals surface area contributed by atoms with Crippen molar-refractivity contribution in [2.75, 3.05) is 25.4 Å². The van der Waals surface area contributed by atoms with Crippen molar-refractivity contribution in [1.82, 2.24) is 9.62 Å². The molecule has 0 bridgehead atoms. The van der Waals surface area contributed by atoms with Crippen molar-refractivity contribution in [2.24, 2.45) is 11.7 Å². The molecule has 1 aliphatic rings. The zero-order valence-electron chi connectivity index (χ0n) is 12.2. The van der Waals surface area contributed by atoms with Crippen LogP contribution in [0.5, 0.6) is 0 Å². The highest BCUT2D eigenvalue weighted by Gasteiger charge is 2.28. The van der Waals surface area contributed by atoms with Crippen LogP contribution in [0.4, 0.5) is 0 Å². The van der Waals surface area contributed by atoms with Gasteiger partial charge in [-0.1, -0.05) is 13.8 Å². The summed E-state index contributed by atoms with van der Waals surface area (Å²) in [4.78, 5) is 11.7. The van der Waals surface area contributed by atoms with E-state index in [0.717, 1.165) is 0 Å². The van der Waals surface area contributed by atoms with Gasteiger partial charge >= 0.3 is 0 Å². The Morgan fingerprint density at radius 3 is 2.40 bits per heavy atom. The molecule has 1 atom stereocenters. The molecule has 1 fully saturated rings. The van der Waals surface area contributed by atoms with Crippen LogP contribution < -0.4 is 11.1 Å². The minimum absolute atomic E-state index is 0. The normalized spacial score (nSPS) is 19.1. The molecule has 0 aliphatic carbocycles. The summed E-state index contributed by atoms with van der Waals surface area (Å²) in [6.07, 6.45) is 1.98. The summed E-state index contributed by atoms with van der Waals surface area (Å²) < 4.78 is 25.3. The van der Waals surface area contributed by atoms with E-state index >= 15 is 0 Å². The van der Waals surface area contributed by atoms with Crippen LogP contribution in [0.15, 0.2) is 0 Å². The average molecular weight is 328 g/mol. The molecular formula is C12H26ClN3O3S. The summed E-state index contributed by atoms with van der Waals surface area (Å²) in [5, 5.41) is 2.93. The van der Waals surface area contributed by atoms with Gasteiger partial charge in [-0.25, -0.2) is 12.7 Å². The average Bonchev–Trinajstić information content (AvgIpc) is 2.38. The molecule has 1 aliphatic heterocycles. The number of carbonyl (C=O) groups excluding carboxylic acids is 1. The first-order chi connectivity index (χ1) is 8.90. The second-order valence-electron chi connectivity index (χ2n) is 5.13. The highest BCUT2D eigenvalue weighted by Crippen LogP contribution is 2.15. The Morgan fingerprint density at radius 1 is 1.40 bits per heavy atom. The SMILES string of the molecule is CCCS(=O)(=O)N1CCC(NC(=O)C(C)CN)CC1.Cl. The fourth-order valence-corrected chi connectivity index (χ4v) is 3.66. The maximum absolute atomic E-state index is 11.9. The lowest BCUT2D eigenvalue weighted by Crippen LogP contribution is -2.48. The first kappa shape index (κ1) is 19.6. The maximum Gasteiger partial charge on any atom is 0.224 e. The highest BCUT2D eigenvalue weighted by atomic mass is 35.5. The van der Waals surface area contributed by atoms with E-state index in [1.807, 2.05) is 6.92 Å². The molecule has 0 radical (unpaired) electrons. The maximum atomic E-state index is 11.9. The molecule has 1 amide bonds. The Labute approximate surface area is 127 Å². The van der Waals surface area contributed by atoms with Gasteiger partial charge in [-0.15, -0.1) is 12.4 Å². The van der Waals surface area contributed by atoms with Gasteiger partial charge in [0.2, 0.25) is 15.9 Å². The molecule has 0 saturated carbocycles.